The summed E-state index contributed by atoms with van der Waals surface area (Å²) in [6.45, 7) is 3.48. The van der Waals surface area contributed by atoms with Gasteiger partial charge in [0.2, 0.25) is 5.91 Å². The molecule has 0 spiro atoms. The van der Waals surface area contributed by atoms with Gasteiger partial charge in [-0.3, -0.25) is 9.35 Å². The smallest absolute Gasteiger partial charge is 0.394 e. The van der Waals surface area contributed by atoms with Gasteiger partial charge in [0.25, 0.3) is 0 Å². The van der Waals surface area contributed by atoms with Crippen molar-refractivity contribution in [3.63, 3.8) is 0 Å². The average molecular weight is 976 g/mol. The van der Waals surface area contributed by atoms with Crippen LogP contribution in [0.4, 0.5) is 0 Å². The van der Waals surface area contributed by atoms with Crippen LogP contribution >= 0.6 is 0 Å². The lowest BCUT2D eigenvalue weighted by Gasteiger charge is -2.41. The molecule has 1 heterocycles. The minimum absolute atomic E-state index is 0.229. The van der Waals surface area contributed by atoms with Crippen molar-refractivity contribution in [2.24, 2.45) is 0 Å². The molecule has 1 rings (SSSR count). The number of nitrogens with one attached hydrogen (secondary N) is 1. The van der Waals surface area contributed by atoms with Gasteiger partial charge in [0, 0.05) is 6.42 Å². The van der Waals surface area contributed by atoms with Crippen molar-refractivity contribution < 1.29 is 51.8 Å². The van der Waals surface area contributed by atoms with Crippen LogP contribution in [0.1, 0.15) is 271 Å². The van der Waals surface area contributed by atoms with Crippen LogP contribution in [0.3, 0.4) is 0 Å². The third-order valence-electron chi connectivity index (χ3n) is 13.6. The van der Waals surface area contributed by atoms with E-state index in [1.807, 2.05) is 0 Å². The standard InChI is InChI=1S/C54H105NO11S/c1-3-5-7-9-11-13-15-17-19-21-22-23-24-25-26-27-28-30-32-34-36-38-40-42-44-50(58)55-47(46-64-54-52(60)53(66-67(61,62)63)51(59)49(45-56)65-54)48(57)43-41-39-37-35-33-31-29-20-18-16-14-12-10-8-6-4-2/h25-26,47-49,51-54,56-57,59-60H,3-24,27-46H2,1-2H3,(H,55,58)(H,61,62,63)/b26-25-. The van der Waals surface area contributed by atoms with Crippen LogP contribution in [-0.4, -0.2) is 95.4 Å². The minimum atomic E-state index is -5.08. The van der Waals surface area contributed by atoms with E-state index in [4.69, 9.17) is 9.47 Å². The molecule has 7 unspecified atom stereocenters. The molecule has 0 aromatic carbocycles. The summed E-state index contributed by atoms with van der Waals surface area (Å²) in [6.07, 6.45) is 43.6. The summed E-state index contributed by atoms with van der Waals surface area (Å²) >= 11 is 0. The van der Waals surface area contributed by atoms with Crippen LogP contribution in [0.5, 0.6) is 0 Å². The van der Waals surface area contributed by atoms with Crippen molar-refractivity contribution in [3.8, 4) is 0 Å². The molecule has 1 saturated heterocycles. The quantitative estimate of drug-likeness (QED) is 0.0193. The predicted octanol–water partition coefficient (Wildman–Crippen LogP) is 12.7. The monoisotopic (exact) mass is 976 g/mol. The van der Waals surface area contributed by atoms with Crippen molar-refractivity contribution in [1.82, 2.24) is 5.32 Å². The number of amides is 1. The number of hydrogen-bond donors (Lipinski definition) is 6. The number of allylic oxidation sites excluding steroid dienone is 2. The van der Waals surface area contributed by atoms with Gasteiger partial charge in [-0.25, -0.2) is 4.18 Å². The van der Waals surface area contributed by atoms with Crippen molar-refractivity contribution >= 4 is 16.3 Å². The number of ether oxygens (including phenoxy) is 2. The summed E-state index contributed by atoms with van der Waals surface area (Å²) in [7, 11) is -5.08. The van der Waals surface area contributed by atoms with Gasteiger partial charge in [-0.15, -0.1) is 0 Å². The average Bonchev–Trinajstić information content (AvgIpc) is 3.30. The van der Waals surface area contributed by atoms with E-state index in [-0.39, 0.29) is 12.5 Å². The summed E-state index contributed by atoms with van der Waals surface area (Å²) in [5, 5.41) is 45.1. The van der Waals surface area contributed by atoms with Crippen LogP contribution in [-0.2, 0) is 28.9 Å². The van der Waals surface area contributed by atoms with Crippen LogP contribution in [0.25, 0.3) is 0 Å². The molecular weight excluding hydrogens is 871 g/mol. The zero-order valence-corrected chi connectivity index (χ0v) is 43.8. The summed E-state index contributed by atoms with van der Waals surface area (Å²) in [5.41, 5.74) is 0. The zero-order valence-electron chi connectivity index (χ0n) is 43.0. The van der Waals surface area contributed by atoms with Gasteiger partial charge >= 0.3 is 10.4 Å². The Kier molecular flexibility index (Phi) is 42.7. The van der Waals surface area contributed by atoms with Crippen molar-refractivity contribution in [2.75, 3.05) is 13.2 Å². The number of hydrogen-bond acceptors (Lipinski definition) is 10. The predicted molar refractivity (Wildman–Crippen MR) is 273 cm³/mol. The van der Waals surface area contributed by atoms with E-state index in [1.54, 1.807) is 0 Å². The summed E-state index contributed by atoms with van der Waals surface area (Å²) < 4.78 is 47.9. The highest BCUT2D eigenvalue weighted by Crippen LogP contribution is 2.26. The number of carbonyl (C=O) groups excluding carboxylic acids is 1. The Bertz CT molecular complexity index is 1240. The van der Waals surface area contributed by atoms with Crippen molar-refractivity contribution in [3.05, 3.63) is 12.2 Å². The number of aliphatic hydroxyl groups is 4. The Balaban J connectivity index is 2.35. The minimum Gasteiger partial charge on any atom is -0.394 e. The Morgan fingerprint density at radius 2 is 0.955 bits per heavy atom. The van der Waals surface area contributed by atoms with Gasteiger partial charge in [0.05, 0.1) is 25.4 Å². The third kappa shape index (κ3) is 37.3. The maximum atomic E-state index is 13.1. The summed E-state index contributed by atoms with van der Waals surface area (Å²) in [6, 6.07) is -0.857. The SMILES string of the molecule is CCCCCCCCCCCCCC/C=C\CCCCCCCCCCC(=O)NC(COC1OC(CO)C(O)C(OS(=O)(=O)O)C1O)C(O)CCCCCCCCCCCCCCCCCC. The van der Waals surface area contributed by atoms with Crippen molar-refractivity contribution in [2.45, 2.75) is 314 Å². The van der Waals surface area contributed by atoms with Gasteiger partial charge in [-0.05, 0) is 38.5 Å². The van der Waals surface area contributed by atoms with Gasteiger partial charge in [-0.2, -0.15) is 8.42 Å². The molecule has 398 valence electrons. The topological polar surface area (TPSA) is 192 Å². The fourth-order valence-electron chi connectivity index (χ4n) is 9.22. The number of carbonyl (C=O) groups is 1. The molecule has 0 aliphatic carbocycles. The normalized spacial score (nSPS) is 19.9. The molecule has 1 amide bonds. The molecule has 0 saturated carbocycles. The van der Waals surface area contributed by atoms with E-state index >= 15 is 0 Å². The second kappa shape index (κ2) is 44.8. The van der Waals surface area contributed by atoms with Gasteiger partial charge in [0.1, 0.15) is 24.4 Å². The first-order chi connectivity index (χ1) is 32.5. The van der Waals surface area contributed by atoms with E-state index in [0.717, 1.165) is 51.4 Å². The Labute approximate surface area is 410 Å². The Hall–Kier alpha value is -1.16. The van der Waals surface area contributed by atoms with Gasteiger partial charge in [0.15, 0.2) is 6.29 Å². The molecule has 12 nitrogen and oxygen atoms in total. The largest absolute Gasteiger partial charge is 0.397 e. The first kappa shape index (κ1) is 63.9. The molecule has 1 aliphatic heterocycles. The summed E-state index contributed by atoms with van der Waals surface area (Å²) in [5.74, 6) is -0.229. The van der Waals surface area contributed by atoms with Crippen LogP contribution in [0, 0.1) is 0 Å². The molecule has 1 aliphatic rings. The molecule has 7 atom stereocenters. The van der Waals surface area contributed by atoms with Gasteiger partial charge in [-0.1, -0.05) is 238 Å². The molecule has 0 radical (unpaired) electrons. The number of unbranched alkanes of at least 4 members (excludes halogenated alkanes) is 35. The van der Waals surface area contributed by atoms with Crippen molar-refractivity contribution in [1.29, 1.82) is 0 Å². The lowest BCUT2D eigenvalue weighted by Crippen LogP contribution is -2.61. The maximum Gasteiger partial charge on any atom is 0.397 e. The maximum absolute atomic E-state index is 13.1. The van der Waals surface area contributed by atoms with E-state index in [1.165, 1.54) is 186 Å². The second-order valence-electron chi connectivity index (χ2n) is 19.9. The van der Waals surface area contributed by atoms with Crippen LogP contribution < -0.4 is 5.32 Å². The molecule has 0 bridgehead atoms. The molecule has 1 fully saturated rings. The van der Waals surface area contributed by atoms with E-state index in [2.05, 4.69) is 35.5 Å². The highest BCUT2D eigenvalue weighted by atomic mass is 32.3. The first-order valence-electron chi connectivity index (χ1n) is 28.1. The lowest BCUT2D eigenvalue weighted by atomic mass is 9.99. The molecule has 0 aromatic heterocycles. The Morgan fingerprint density at radius 3 is 1.34 bits per heavy atom. The van der Waals surface area contributed by atoms with Gasteiger partial charge < -0.3 is 35.2 Å². The van der Waals surface area contributed by atoms with Crippen LogP contribution in [0.15, 0.2) is 12.2 Å². The highest BCUT2D eigenvalue weighted by Gasteiger charge is 2.48. The van der Waals surface area contributed by atoms with E-state index < -0.39 is 59.9 Å². The third-order valence-corrected chi connectivity index (χ3v) is 14.0. The Morgan fingerprint density at radius 1 is 0.582 bits per heavy atom. The lowest BCUT2D eigenvalue weighted by molar-refractivity contribution is -0.298. The van der Waals surface area contributed by atoms with E-state index in [0.29, 0.717) is 19.3 Å². The molecular formula is C54H105NO11S. The van der Waals surface area contributed by atoms with E-state index in [9.17, 15) is 38.2 Å². The van der Waals surface area contributed by atoms with Crippen LogP contribution in [0.2, 0.25) is 0 Å². The second-order valence-corrected chi connectivity index (χ2v) is 20.9. The molecule has 6 N–H and O–H groups in total. The fourth-order valence-corrected chi connectivity index (χ4v) is 9.73. The number of rotatable bonds is 49. The molecule has 0 aromatic rings. The summed E-state index contributed by atoms with van der Waals surface area (Å²) in [4.78, 5) is 13.1. The molecule has 13 heteroatoms. The zero-order chi connectivity index (χ0) is 49.1. The number of aliphatic hydroxyl groups excluding tert-OH is 4. The molecule has 67 heavy (non-hydrogen) atoms. The highest BCUT2D eigenvalue weighted by molar-refractivity contribution is 7.80. The fraction of sp³-hybridized carbons (Fsp3) is 0.944. The first-order valence-corrected chi connectivity index (χ1v) is 29.4.